The first-order valence-corrected chi connectivity index (χ1v) is 15.7. The van der Waals surface area contributed by atoms with E-state index < -0.39 is 6.85 Å². The molecule has 4 heteroatoms. The van der Waals surface area contributed by atoms with Crippen molar-refractivity contribution in [2.45, 2.75) is 6.85 Å². The highest BCUT2D eigenvalue weighted by Gasteiger charge is 2.22. The first-order valence-electron chi connectivity index (χ1n) is 17.2. The number of fused-ring (bicyclic) bond motifs is 10. The number of imidazole rings is 1. The molecule has 10 aromatic rings. The predicted octanol–water partition coefficient (Wildman–Crippen LogP) is 11.4. The van der Waals surface area contributed by atoms with E-state index in [0.29, 0.717) is 28.2 Å². The zero-order chi connectivity index (χ0) is 33.6. The highest BCUT2D eigenvalue weighted by atomic mass is 16.3. The van der Waals surface area contributed by atoms with Crippen LogP contribution in [0.25, 0.3) is 93.8 Å². The fourth-order valence-electron chi connectivity index (χ4n) is 7.22. The van der Waals surface area contributed by atoms with Crippen molar-refractivity contribution in [3.63, 3.8) is 0 Å². The van der Waals surface area contributed by atoms with E-state index >= 15 is 0 Å². The Hall–Kier alpha value is -6.26. The summed E-state index contributed by atoms with van der Waals surface area (Å²) in [5.41, 5.74) is 5.94. The Kier molecular flexibility index (Phi) is 4.86. The van der Waals surface area contributed by atoms with Crippen LogP contribution in [0.5, 0.6) is 0 Å². The molecule has 0 amide bonds. The van der Waals surface area contributed by atoms with E-state index in [4.69, 9.17) is 18.5 Å². The van der Waals surface area contributed by atoms with Gasteiger partial charge in [-0.3, -0.25) is 4.57 Å². The Morgan fingerprint density at radius 1 is 0.553 bits per heavy atom. The quantitative estimate of drug-likeness (QED) is 0.188. The molecule has 4 nitrogen and oxygen atoms in total. The van der Waals surface area contributed by atoms with Gasteiger partial charge in [-0.1, -0.05) is 109 Å². The van der Waals surface area contributed by atoms with E-state index in [2.05, 4.69) is 72.8 Å². The van der Waals surface area contributed by atoms with Crippen LogP contribution in [0.15, 0.2) is 150 Å². The van der Waals surface area contributed by atoms with Crippen molar-refractivity contribution in [1.82, 2.24) is 14.5 Å². The zero-order valence-corrected chi connectivity index (χ0v) is 25.1. The van der Waals surface area contributed by atoms with E-state index in [0.717, 1.165) is 49.4 Å². The van der Waals surface area contributed by atoms with Gasteiger partial charge in [0.2, 0.25) is 5.71 Å². The van der Waals surface area contributed by atoms with Gasteiger partial charge in [-0.2, -0.15) is 0 Å². The van der Waals surface area contributed by atoms with Crippen molar-refractivity contribution in [1.29, 1.82) is 0 Å². The lowest BCUT2D eigenvalue weighted by molar-refractivity contribution is 0.655. The average Bonchev–Trinajstić information content (AvgIpc) is 3.73. The van der Waals surface area contributed by atoms with Crippen molar-refractivity contribution in [2.75, 3.05) is 0 Å². The summed E-state index contributed by atoms with van der Waals surface area (Å²) in [6, 6.07) is 48.7. The van der Waals surface area contributed by atoms with Crippen LogP contribution in [0, 0.1) is 6.85 Å². The second kappa shape index (κ2) is 9.87. The highest BCUT2D eigenvalue weighted by molar-refractivity contribution is 6.25. The molecule has 220 valence electrons. The van der Waals surface area contributed by atoms with E-state index in [1.807, 2.05) is 65.2 Å². The van der Waals surface area contributed by atoms with E-state index in [-0.39, 0.29) is 5.56 Å². The third-order valence-corrected chi connectivity index (χ3v) is 9.34. The second-order valence-electron chi connectivity index (χ2n) is 12.0. The van der Waals surface area contributed by atoms with Gasteiger partial charge in [0.1, 0.15) is 11.4 Å². The van der Waals surface area contributed by atoms with Gasteiger partial charge in [-0.05, 0) is 81.1 Å². The van der Waals surface area contributed by atoms with Gasteiger partial charge < -0.3 is 4.42 Å². The summed E-state index contributed by atoms with van der Waals surface area (Å²) in [5, 5.41) is 8.68. The zero-order valence-electron chi connectivity index (χ0n) is 28.1. The van der Waals surface area contributed by atoms with E-state index in [9.17, 15) is 0 Å². The summed E-state index contributed by atoms with van der Waals surface area (Å²) < 4.78 is 34.1. The number of aryl methyl sites for hydroxylation is 1. The minimum atomic E-state index is -2.36. The lowest BCUT2D eigenvalue weighted by atomic mass is 9.94. The monoisotopic (exact) mass is 604 g/mol. The van der Waals surface area contributed by atoms with E-state index in [1.165, 1.54) is 16.2 Å². The number of benzene rings is 7. The number of hydrogen-bond donors (Lipinski definition) is 0. The van der Waals surface area contributed by atoms with Crippen LogP contribution in [-0.2, 0) is 0 Å². The van der Waals surface area contributed by atoms with Crippen LogP contribution in [0.2, 0.25) is 0 Å². The molecule has 0 saturated heterocycles. The summed E-state index contributed by atoms with van der Waals surface area (Å²) in [6.45, 7) is -2.36. The Morgan fingerprint density at radius 3 is 1.98 bits per heavy atom. The standard InChI is InChI=1S/C43H27N3O/c1-26-11-9-20-39-40(26)46(28-21-22-33-31-16-6-5-14-29(31)30-15-7-8-17-32(30)37(33)25-28)42(44-39)36-19-10-18-34-35-23-24-38(27-12-3-2-4-13-27)45-43(35)47-41(34)36/h2-25H,1H3/i1D3. The smallest absolute Gasteiger partial charge is 0.227 e. The van der Waals surface area contributed by atoms with Gasteiger partial charge in [-0.15, -0.1) is 0 Å². The Balaban J connectivity index is 1.29. The SMILES string of the molecule is [2H]C([2H])([2H])c1cccc2nc(-c3cccc4c3oc3nc(-c5ccccc5)ccc34)n(-c3ccc4c5ccccc5c5ccccc5c4c3)c12. The third-order valence-electron chi connectivity index (χ3n) is 9.34. The maximum absolute atomic E-state index is 8.52. The Labute approximate surface area is 274 Å². The van der Waals surface area contributed by atoms with Gasteiger partial charge >= 0.3 is 0 Å². The number of nitrogens with zero attached hydrogens (tertiary/aromatic N) is 3. The fourth-order valence-corrected chi connectivity index (χ4v) is 7.22. The molecule has 0 N–H and O–H groups in total. The molecular formula is C43H27N3O. The molecule has 3 aromatic heterocycles. The van der Waals surface area contributed by atoms with Gasteiger partial charge in [0.15, 0.2) is 0 Å². The summed E-state index contributed by atoms with van der Waals surface area (Å²) in [6.07, 6.45) is 0. The number of furan rings is 1. The summed E-state index contributed by atoms with van der Waals surface area (Å²) in [7, 11) is 0. The lowest BCUT2D eigenvalue weighted by Gasteiger charge is -2.15. The van der Waals surface area contributed by atoms with Gasteiger partial charge in [0.25, 0.3) is 0 Å². The molecule has 0 fully saturated rings. The first kappa shape index (κ1) is 23.1. The number of para-hydroxylation sites is 2. The molecule has 0 unspecified atom stereocenters. The normalized spacial score (nSPS) is 13.1. The molecule has 3 heterocycles. The van der Waals surface area contributed by atoms with Crippen molar-refractivity contribution in [3.05, 3.63) is 151 Å². The van der Waals surface area contributed by atoms with Gasteiger partial charge in [0, 0.05) is 26.1 Å². The van der Waals surface area contributed by atoms with Crippen LogP contribution in [-0.4, -0.2) is 14.5 Å². The summed E-state index contributed by atoms with van der Waals surface area (Å²) in [4.78, 5) is 10.1. The van der Waals surface area contributed by atoms with Gasteiger partial charge in [0.05, 0.1) is 22.3 Å². The number of aromatic nitrogens is 3. The first-order chi connectivity index (χ1) is 24.4. The molecule has 47 heavy (non-hydrogen) atoms. The molecular weight excluding hydrogens is 574 g/mol. The third kappa shape index (κ3) is 3.82. The van der Waals surface area contributed by atoms with E-state index in [1.54, 1.807) is 12.1 Å². The molecule has 0 aliphatic rings. The Morgan fingerprint density at radius 2 is 1.21 bits per heavy atom. The predicted molar refractivity (Wildman–Crippen MR) is 194 cm³/mol. The molecule has 0 saturated carbocycles. The second-order valence-corrected chi connectivity index (χ2v) is 12.0. The van der Waals surface area contributed by atoms with Crippen molar-refractivity contribution >= 4 is 65.4 Å². The molecule has 10 rings (SSSR count). The molecule has 0 radical (unpaired) electrons. The maximum atomic E-state index is 8.52. The molecule has 0 atom stereocenters. The molecule has 7 aromatic carbocycles. The Bertz CT molecular complexity index is 2940. The topological polar surface area (TPSA) is 43.9 Å². The molecule has 0 spiro atoms. The van der Waals surface area contributed by atoms with Crippen molar-refractivity contribution in [2.24, 2.45) is 0 Å². The minimum absolute atomic E-state index is 0.239. The lowest BCUT2D eigenvalue weighted by Crippen LogP contribution is -1.99. The average molecular weight is 605 g/mol. The molecule has 0 aliphatic carbocycles. The number of rotatable bonds is 3. The highest BCUT2D eigenvalue weighted by Crippen LogP contribution is 2.41. The molecule has 0 bridgehead atoms. The van der Waals surface area contributed by atoms with Crippen LogP contribution in [0.1, 0.15) is 9.68 Å². The summed E-state index contributed by atoms with van der Waals surface area (Å²) >= 11 is 0. The van der Waals surface area contributed by atoms with Crippen LogP contribution < -0.4 is 0 Å². The van der Waals surface area contributed by atoms with Gasteiger partial charge in [-0.25, -0.2) is 9.97 Å². The van der Waals surface area contributed by atoms with Crippen LogP contribution >= 0.6 is 0 Å². The number of hydrogen-bond acceptors (Lipinski definition) is 3. The van der Waals surface area contributed by atoms with Crippen molar-refractivity contribution in [3.8, 4) is 28.3 Å². The van der Waals surface area contributed by atoms with Crippen LogP contribution in [0.4, 0.5) is 0 Å². The maximum Gasteiger partial charge on any atom is 0.227 e. The number of pyridine rings is 1. The minimum Gasteiger partial charge on any atom is -0.437 e. The fraction of sp³-hybridized carbons (Fsp3) is 0.0233. The molecule has 0 aliphatic heterocycles. The summed E-state index contributed by atoms with van der Waals surface area (Å²) in [5.74, 6) is 0.592. The van der Waals surface area contributed by atoms with Crippen LogP contribution in [0.3, 0.4) is 0 Å². The van der Waals surface area contributed by atoms with Crippen molar-refractivity contribution < 1.29 is 8.53 Å². The largest absolute Gasteiger partial charge is 0.437 e.